The average molecular weight is 200 g/mol. The molecule has 4 nitrogen and oxygen atoms in total. The minimum Gasteiger partial charge on any atom is -0.395 e. The van der Waals surface area contributed by atoms with E-state index in [1.807, 2.05) is 6.92 Å². The van der Waals surface area contributed by atoms with Gasteiger partial charge < -0.3 is 15.3 Å². The molecule has 0 bridgehead atoms. The van der Waals surface area contributed by atoms with Gasteiger partial charge in [-0.1, -0.05) is 0 Å². The molecule has 82 valence electrons. The van der Waals surface area contributed by atoms with E-state index < -0.39 is 0 Å². The van der Waals surface area contributed by atoms with Gasteiger partial charge in [-0.15, -0.1) is 0 Å². The number of nitrogens with one attached hydrogen (secondary N) is 1. The molecule has 0 atom stereocenters. The van der Waals surface area contributed by atoms with Crippen molar-refractivity contribution in [3.05, 3.63) is 0 Å². The SMILES string of the molecule is CCN(CCO)C(=O)CCNC1CC1. The summed E-state index contributed by atoms with van der Waals surface area (Å²) in [5, 5.41) is 12.0. The lowest BCUT2D eigenvalue weighted by Gasteiger charge is -2.19. The number of likely N-dealkylation sites (N-methyl/N-ethyl adjacent to an activating group) is 1. The van der Waals surface area contributed by atoms with E-state index in [1.165, 1.54) is 12.8 Å². The van der Waals surface area contributed by atoms with Crippen molar-refractivity contribution in [2.75, 3.05) is 26.2 Å². The molecule has 1 amide bonds. The second-order valence-corrected chi connectivity index (χ2v) is 3.68. The summed E-state index contributed by atoms with van der Waals surface area (Å²) in [4.78, 5) is 13.2. The third-order valence-electron chi connectivity index (χ3n) is 2.45. The second-order valence-electron chi connectivity index (χ2n) is 3.68. The van der Waals surface area contributed by atoms with Crippen LogP contribution in [0.25, 0.3) is 0 Å². The molecule has 0 aromatic heterocycles. The van der Waals surface area contributed by atoms with Crippen LogP contribution in [0, 0.1) is 0 Å². The van der Waals surface area contributed by atoms with Crippen molar-refractivity contribution in [2.24, 2.45) is 0 Å². The van der Waals surface area contributed by atoms with Gasteiger partial charge in [-0.05, 0) is 19.8 Å². The summed E-state index contributed by atoms with van der Waals surface area (Å²) in [5.41, 5.74) is 0. The van der Waals surface area contributed by atoms with E-state index in [1.54, 1.807) is 4.90 Å². The normalized spacial score (nSPS) is 15.6. The van der Waals surface area contributed by atoms with Gasteiger partial charge in [0.2, 0.25) is 5.91 Å². The Morgan fingerprint density at radius 2 is 2.29 bits per heavy atom. The zero-order chi connectivity index (χ0) is 10.4. The van der Waals surface area contributed by atoms with Crippen LogP contribution in [0.3, 0.4) is 0 Å². The molecule has 1 rings (SSSR count). The maximum Gasteiger partial charge on any atom is 0.223 e. The molecule has 0 heterocycles. The topological polar surface area (TPSA) is 52.6 Å². The van der Waals surface area contributed by atoms with Gasteiger partial charge in [0.25, 0.3) is 0 Å². The lowest BCUT2D eigenvalue weighted by molar-refractivity contribution is -0.131. The van der Waals surface area contributed by atoms with Crippen molar-refractivity contribution in [1.82, 2.24) is 10.2 Å². The van der Waals surface area contributed by atoms with Gasteiger partial charge in [-0.2, -0.15) is 0 Å². The number of amides is 1. The molecular formula is C10H20N2O2. The fourth-order valence-corrected chi connectivity index (χ4v) is 1.41. The average Bonchev–Trinajstić information content (AvgIpc) is 2.97. The predicted octanol–water partition coefficient (Wildman–Crippen LogP) is -0.0307. The number of rotatable bonds is 7. The fourth-order valence-electron chi connectivity index (χ4n) is 1.41. The Morgan fingerprint density at radius 1 is 1.57 bits per heavy atom. The Balaban J connectivity index is 2.09. The predicted molar refractivity (Wildman–Crippen MR) is 55.0 cm³/mol. The number of hydrogen-bond acceptors (Lipinski definition) is 3. The minimum atomic E-state index is 0.0512. The Bertz CT molecular complexity index is 181. The van der Waals surface area contributed by atoms with Crippen molar-refractivity contribution < 1.29 is 9.90 Å². The molecule has 0 aliphatic heterocycles. The summed E-state index contributed by atoms with van der Waals surface area (Å²) in [6.45, 7) is 3.89. The van der Waals surface area contributed by atoms with Crippen LogP contribution in [0.1, 0.15) is 26.2 Å². The van der Waals surface area contributed by atoms with Gasteiger partial charge in [0.05, 0.1) is 6.61 Å². The van der Waals surface area contributed by atoms with E-state index in [2.05, 4.69) is 5.32 Å². The molecule has 1 aliphatic rings. The summed E-state index contributed by atoms with van der Waals surface area (Å²) in [7, 11) is 0. The van der Waals surface area contributed by atoms with Gasteiger partial charge in [0, 0.05) is 32.1 Å². The Morgan fingerprint density at radius 3 is 2.79 bits per heavy atom. The highest BCUT2D eigenvalue weighted by Crippen LogP contribution is 2.18. The van der Waals surface area contributed by atoms with Gasteiger partial charge in [0.15, 0.2) is 0 Å². The summed E-state index contributed by atoms with van der Waals surface area (Å²) < 4.78 is 0. The molecule has 0 saturated heterocycles. The summed E-state index contributed by atoms with van der Waals surface area (Å²) in [6.07, 6.45) is 3.05. The number of carbonyl (C=O) groups excluding carboxylic acids is 1. The number of nitrogens with zero attached hydrogens (tertiary/aromatic N) is 1. The zero-order valence-corrected chi connectivity index (χ0v) is 8.83. The molecule has 0 spiro atoms. The maximum absolute atomic E-state index is 11.5. The Labute approximate surface area is 85.3 Å². The molecular weight excluding hydrogens is 180 g/mol. The fraction of sp³-hybridized carbons (Fsp3) is 0.900. The van der Waals surface area contributed by atoms with Crippen molar-refractivity contribution in [3.8, 4) is 0 Å². The van der Waals surface area contributed by atoms with Crippen molar-refractivity contribution in [3.63, 3.8) is 0 Å². The first-order valence-electron chi connectivity index (χ1n) is 5.40. The van der Waals surface area contributed by atoms with E-state index >= 15 is 0 Å². The highest BCUT2D eigenvalue weighted by molar-refractivity contribution is 5.76. The maximum atomic E-state index is 11.5. The third-order valence-corrected chi connectivity index (χ3v) is 2.45. The summed E-state index contributed by atoms with van der Waals surface area (Å²) in [5.74, 6) is 0.134. The van der Waals surface area contributed by atoms with Crippen LogP contribution < -0.4 is 5.32 Å². The van der Waals surface area contributed by atoms with Crippen LogP contribution in [0.4, 0.5) is 0 Å². The van der Waals surface area contributed by atoms with Crippen LogP contribution in [0.2, 0.25) is 0 Å². The molecule has 0 radical (unpaired) electrons. The first-order valence-corrected chi connectivity index (χ1v) is 5.40. The molecule has 4 heteroatoms. The van der Waals surface area contributed by atoms with E-state index in [9.17, 15) is 4.79 Å². The van der Waals surface area contributed by atoms with Crippen LogP contribution >= 0.6 is 0 Å². The van der Waals surface area contributed by atoms with E-state index in [0.29, 0.717) is 25.6 Å². The summed E-state index contributed by atoms with van der Waals surface area (Å²) >= 11 is 0. The van der Waals surface area contributed by atoms with Gasteiger partial charge in [-0.25, -0.2) is 0 Å². The van der Waals surface area contributed by atoms with Crippen molar-refractivity contribution in [1.29, 1.82) is 0 Å². The zero-order valence-electron chi connectivity index (χ0n) is 8.83. The standard InChI is InChI=1S/C10H20N2O2/c1-2-12(7-8-13)10(14)5-6-11-9-3-4-9/h9,11,13H,2-8H2,1H3. The molecule has 2 N–H and O–H groups in total. The number of aliphatic hydroxyl groups excluding tert-OH is 1. The molecule has 1 aliphatic carbocycles. The summed E-state index contributed by atoms with van der Waals surface area (Å²) in [6, 6.07) is 0.663. The van der Waals surface area contributed by atoms with Gasteiger partial charge >= 0.3 is 0 Å². The lowest BCUT2D eigenvalue weighted by Crippen LogP contribution is -2.35. The molecule has 1 fully saturated rings. The highest BCUT2D eigenvalue weighted by atomic mass is 16.3. The Hall–Kier alpha value is -0.610. The lowest BCUT2D eigenvalue weighted by atomic mass is 10.3. The highest BCUT2D eigenvalue weighted by Gasteiger charge is 2.20. The van der Waals surface area contributed by atoms with Crippen LogP contribution in [-0.4, -0.2) is 48.2 Å². The first-order chi connectivity index (χ1) is 6.77. The largest absolute Gasteiger partial charge is 0.395 e. The van der Waals surface area contributed by atoms with Gasteiger partial charge in [0.1, 0.15) is 0 Å². The molecule has 14 heavy (non-hydrogen) atoms. The van der Waals surface area contributed by atoms with Crippen LogP contribution in [0.5, 0.6) is 0 Å². The first kappa shape index (κ1) is 11.5. The molecule has 0 unspecified atom stereocenters. The second kappa shape index (κ2) is 5.98. The molecule has 0 aromatic rings. The number of aliphatic hydroxyl groups is 1. The Kier molecular flexibility index (Phi) is 4.90. The smallest absolute Gasteiger partial charge is 0.223 e. The molecule has 1 saturated carbocycles. The van der Waals surface area contributed by atoms with Crippen LogP contribution in [0.15, 0.2) is 0 Å². The van der Waals surface area contributed by atoms with Crippen molar-refractivity contribution in [2.45, 2.75) is 32.2 Å². The van der Waals surface area contributed by atoms with Gasteiger partial charge in [-0.3, -0.25) is 4.79 Å². The monoisotopic (exact) mass is 200 g/mol. The minimum absolute atomic E-state index is 0.0512. The third kappa shape index (κ3) is 4.07. The quantitative estimate of drug-likeness (QED) is 0.607. The molecule has 0 aromatic carbocycles. The van der Waals surface area contributed by atoms with Crippen LogP contribution in [-0.2, 0) is 4.79 Å². The van der Waals surface area contributed by atoms with E-state index in [0.717, 1.165) is 6.54 Å². The van der Waals surface area contributed by atoms with Crippen molar-refractivity contribution >= 4 is 5.91 Å². The van der Waals surface area contributed by atoms with E-state index in [-0.39, 0.29) is 12.5 Å². The number of carbonyl (C=O) groups is 1. The number of hydrogen-bond donors (Lipinski definition) is 2. The van der Waals surface area contributed by atoms with E-state index in [4.69, 9.17) is 5.11 Å².